The highest BCUT2D eigenvalue weighted by Gasteiger charge is 2.12. The van der Waals surface area contributed by atoms with Crippen LogP contribution in [0, 0.1) is 0 Å². The number of aromatic amines is 1. The summed E-state index contributed by atoms with van der Waals surface area (Å²) in [6, 6.07) is 0. The van der Waals surface area contributed by atoms with Gasteiger partial charge in [0.05, 0.1) is 7.11 Å². The standard InChI is InChI=1S/C7H7N3O2/c1-12-7(11)5-4-9-10-3-2-8-6(5)10/h2-4,9H,1H3. The third-order valence-electron chi connectivity index (χ3n) is 1.63. The fourth-order valence-corrected chi connectivity index (χ4v) is 1.07. The highest BCUT2D eigenvalue weighted by Crippen LogP contribution is 2.07. The average Bonchev–Trinajstić information content (AvgIpc) is 2.62. The number of methoxy groups -OCH3 is 1. The smallest absolute Gasteiger partial charge is 0.343 e. The highest BCUT2D eigenvalue weighted by atomic mass is 16.5. The van der Waals surface area contributed by atoms with Gasteiger partial charge in [0.25, 0.3) is 0 Å². The van der Waals surface area contributed by atoms with Crippen LogP contribution in [0.25, 0.3) is 5.65 Å². The maximum Gasteiger partial charge on any atom is 0.343 e. The van der Waals surface area contributed by atoms with E-state index in [4.69, 9.17) is 0 Å². The molecular formula is C7H7N3O2. The lowest BCUT2D eigenvalue weighted by atomic mass is 10.3. The summed E-state index contributed by atoms with van der Waals surface area (Å²) in [5, 5.41) is 2.84. The van der Waals surface area contributed by atoms with E-state index in [1.807, 2.05) is 0 Å². The Morgan fingerprint density at radius 2 is 2.58 bits per heavy atom. The molecule has 0 saturated heterocycles. The third kappa shape index (κ3) is 0.795. The molecule has 0 unspecified atom stereocenters. The van der Waals surface area contributed by atoms with Crippen molar-refractivity contribution in [3.8, 4) is 0 Å². The van der Waals surface area contributed by atoms with Crippen LogP contribution in [0.5, 0.6) is 0 Å². The van der Waals surface area contributed by atoms with E-state index in [-0.39, 0.29) is 5.97 Å². The lowest BCUT2D eigenvalue weighted by Crippen LogP contribution is -1.99. The van der Waals surface area contributed by atoms with Gasteiger partial charge in [0, 0.05) is 18.6 Å². The summed E-state index contributed by atoms with van der Waals surface area (Å²) in [5.74, 6) is -0.382. The van der Waals surface area contributed by atoms with E-state index >= 15 is 0 Å². The van der Waals surface area contributed by atoms with Crippen molar-refractivity contribution in [3.05, 3.63) is 24.2 Å². The summed E-state index contributed by atoms with van der Waals surface area (Å²) in [6.45, 7) is 0. The van der Waals surface area contributed by atoms with Crippen molar-refractivity contribution in [2.75, 3.05) is 7.11 Å². The molecule has 0 aliphatic rings. The average molecular weight is 165 g/mol. The number of carbonyl (C=O) groups is 1. The van der Waals surface area contributed by atoms with Crippen molar-refractivity contribution in [3.63, 3.8) is 0 Å². The van der Waals surface area contributed by atoms with Crippen molar-refractivity contribution >= 4 is 11.6 Å². The minimum Gasteiger partial charge on any atom is -0.465 e. The van der Waals surface area contributed by atoms with Gasteiger partial charge in [0.2, 0.25) is 0 Å². The van der Waals surface area contributed by atoms with Crippen molar-refractivity contribution in [1.29, 1.82) is 0 Å². The van der Waals surface area contributed by atoms with Gasteiger partial charge in [-0.15, -0.1) is 0 Å². The second-order valence-electron chi connectivity index (χ2n) is 2.30. The number of imidazole rings is 1. The summed E-state index contributed by atoms with van der Waals surface area (Å²) in [6.07, 6.45) is 4.90. The molecule has 2 aromatic heterocycles. The monoisotopic (exact) mass is 165 g/mol. The Morgan fingerprint density at radius 3 is 3.33 bits per heavy atom. The van der Waals surface area contributed by atoms with Crippen molar-refractivity contribution < 1.29 is 9.53 Å². The Hall–Kier alpha value is -1.78. The maximum atomic E-state index is 11.1. The first-order valence-corrected chi connectivity index (χ1v) is 3.41. The molecule has 0 fully saturated rings. The molecular weight excluding hydrogens is 158 g/mol. The molecule has 0 atom stereocenters. The van der Waals surface area contributed by atoms with Gasteiger partial charge in [-0.3, -0.25) is 5.10 Å². The molecule has 0 bridgehead atoms. The molecule has 2 heterocycles. The van der Waals surface area contributed by atoms with E-state index in [1.54, 1.807) is 23.1 Å². The van der Waals surface area contributed by atoms with E-state index < -0.39 is 0 Å². The van der Waals surface area contributed by atoms with Gasteiger partial charge in [0.1, 0.15) is 5.56 Å². The molecule has 0 aliphatic carbocycles. The Labute approximate surface area is 68.0 Å². The quantitative estimate of drug-likeness (QED) is 0.624. The molecule has 62 valence electrons. The second-order valence-corrected chi connectivity index (χ2v) is 2.30. The first-order valence-electron chi connectivity index (χ1n) is 3.41. The van der Waals surface area contributed by atoms with Crippen molar-refractivity contribution in [2.45, 2.75) is 0 Å². The lowest BCUT2D eigenvalue weighted by Gasteiger charge is -1.91. The number of aromatic nitrogens is 3. The van der Waals surface area contributed by atoms with Crippen LogP contribution in [0.1, 0.15) is 10.4 Å². The zero-order valence-corrected chi connectivity index (χ0v) is 6.44. The maximum absolute atomic E-state index is 11.1. The molecule has 12 heavy (non-hydrogen) atoms. The summed E-state index contributed by atoms with van der Waals surface area (Å²) in [5.41, 5.74) is 1.03. The number of hydrogen-bond acceptors (Lipinski definition) is 3. The summed E-state index contributed by atoms with van der Waals surface area (Å²) in [7, 11) is 1.34. The molecule has 5 nitrogen and oxygen atoms in total. The van der Waals surface area contributed by atoms with Gasteiger partial charge in [-0.05, 0) is 0 Å². The Bertz CT molecular complexity index is 415. The van der Waals surface area contributed by atoms with Crippen LogP contribution in [-0.4, -0.2) is 27.7 Å². The van der Waals surface area contributed by atoms with Crippen molar-refractivity contribution in [2.24, 2.45) is 0 Å². The van der Waals surface area contributed by atoms with Crippen LogP contribution in [0.3, 0.4) is 0 Å². The van der Waals surface area contributed by atoms with Crippen LogP contribution < -0.4 is 0 Å². The highest BCUT2D eigenvalue weighted by molar-refractivity contribution is 5.95. The molecule has 0 saturated carbocycles. The van der Waals surface area contributed by atoms with E-state index in [9.17, 15) is 4.79 Å². The first kappa shape index (κ1) is 6.90. The zero-order chi connectivity index (χ0) is 8.55. The molecule has 0 aromatic carbocycles. The number of ether oxygens (including phenoxy) is 1. The molecule has 2 aromatic rings. The van der Waals surface area contributed by atoms with Crippen molar-refractivity contribution in [1.82, 2.24) is 14.6 Å². The van der Waals surface area contributed by atoms with E-state index in [0.717, 1.165) is 0 Å². The Morgan fingerprint density at radius 1 is 1.75 bits per heavy atom. The number of esters is 1. The Balaban J connectivity index is 2.61. The molecule has 5 heteroatoms. The van der Waals surface area contributed by atoms with Gasteiger partial charge < -0.3 is 4.74 Å². The largest absolute Gasteiger partial charge is 0.465 e. The minimum absolute atomic E-state index is 0.382. The van der Waals surface area contributed by atoms with Gasteiger partial charge in [-0.25, -0.2) is 14.3 Å². The summed E-state index contributed by atoms with van der Waals surface area (Å²) in [4.78, 5) is 15.1. The number of carbonyl (C=O) groups excluding carboxylic acids is 1. The van der Waals surface area contributed by atoms with Gasteiger partial charge >= 0.3 is 5.97 Å². The molecule has 0 radical (unpaired) electrons. The number of H-pyrrole nitrogens is 1. The number of rotatable bonds is 1. The SMILES string of the molecule is COC(=O)c1c[nH]n2ccnc12. The molecule has 2 rings (SSSR count). The fraction of sp³-hybridized carbons (Fsp3) is 0.143. The first-order chi connectivity index (χ1) is 5.83. The number of hydrogen-bond donors (Lipinski definition) is 1. The van der Waals surface area contributed by atoms with Gasteiger partial charge in [-0.1, -0.05) is 0 Å². The molecule has 1 N–H and O–H groups in total. The predicted octanol–water partition coefficient (Wildman–Crippen LogP) is 0.449. The zero-order valence-electron chi connectivity index (χ0n) is 6.44. The fourth-order valence-electron chi connectivity index (χ4n) is 1.07. The molecule has 0 amide bonds. The normalized spacial score (nSPS) is 10.4. The second kappa shape index (κ2) is 2.37. The Kier molecular flexibility index (Phi) is 1.36. The van der Waals surface area contributed by atoms with Crippen LogP contribution in [0.4, 0.5) is 0 Å². The predicted molar refractivity (Wildman–Crippen MR) is 40.9 cm³/mol. The van der Waals surface area contributed by atoms with Crippen LogP contribution >= 0.6 is 0 Å². The number of fused-ring (bicyclic) bond motifs is 1. The lowest BCUT2D eigenvalue weighted by molar-refractivity contribution is 0.0602. The number of nitrogens with one attached hydrogen (secondary N) is 1. The van der Waals surface area contributed by atoms with Crippen LogP contribution in [0.15, 0.2) is 18.6 Å². The summed E-state index contributed by atoms with van der Waals surface area (Å²) >= 11 is 0. The van der Waals surface area contributed by atoms with Gasteiger partial charge in [0.15, 0.2) is 5.65 Å². The van der Waals surface area contributed by atoms with E-state index in [0.29, 0.717) is 11.2 Å². The molecule has 0 spiro atoms. The molecule has 0 aliphatic heterocycles. The minimum atomic E-state index is -0.382. The van der Waals surface area contributed by atoms with E-state index in [2.05, 4.69) is 14.8 Å². The van der Waals surface area contributed by atoms with Gasteiger partial charge in [-0.2, -0.15) is 0 Å². The summed E-state index contributed by atoms with van der Waals surface area (Å²) < 4.78 is 6.20. The van der Waals surface area contributed by atoms with E-state index in [1.165, 1.54) is 7.11 Å². The topological polar surface area (TPSA) is 59.4 Å². The van der Waals surface area contributed by atoms with Crippen LogP contribution in [0.2, 0.25) is 0 Å². The number of nitrogens with zero attached hydrogens (tertiary/aromatic N) is 2. The van der Waals surface area contributed by atoms with Crippen LogP contribution in [-0.2, 0) is 4.74 Å². The third-order valence-corrected chi connectivity index (χ3v) is 1.63.